The summed E-state index contributed by atoms with van der Waals surface area (Å²) in [5.41, 5.74) is -0.268. The Bertz CT molecular complexity index is 265. The van der Waals surface area contributed by atoms with Gasteiger partial charge in [-0.3, -0.25) is 0 Å². The minimum Gasteiger partial charge on any atom is -0.392 e. The van der Waals surface area contributed by atoms with Crippen LogP contribution in [0, 0.1) is 22.2 Å². The third kappa shape index (κ3) is 2.70. The first kappa shape index (κ1) is 12.5. The van der Waals surface area contributed by atoms with Crippen molar-refractivity contribution in [2.45, 2.75) is 52.7 Å². The fraction of sp³-hybridized carbons (Fsp3) is 0.917. The monoisotopic (exact) mass is 210 g/mol. The number of nitriles is 1. The number of aliphatic hydroxyl groups excluding tert-OH is 1. The van der Waals surface area contributed by atoms with Crippen LogP contribution in [-0.4, -0.2) is 23.8 Å². The highest BCUT2D eigenvalue weighted by Crippen LogP contribution is 2.40. The minimum absolute atomic E-state index is 0.0171. The van der Waals surface area contributed by atoms with Crippen molar-refractivity contribution in [2.24, 2.45) is 10.8 Å². The van der Waals surface area contributed by atoms with Crippen LogP contribution in [-0.2, 0) is 0 Å². The lowest BCUT2D eigenvalue weighted by atomic mass is 9.64. The zero-order valence-electron chi connectivity index (χ0n) is 10.2. The second-order valence-electron chi connectivity index (χ2n) is 5.83. The smallest absolute Gasteiger partial charge is 0.0684 e. The Morgan fingerprint density at radius 1 is 1.53 bits per heavy atom. The van der Waals surface area contributed by atoms with Gasteiger partial charge >= 0.3 is 0 Å². The molecule has 1 aliphatic rings. The number of nitrogens with zero attached hydrogens (tertiary/aromatic N) is 1. The van der Waals surface area contributed by atoms with Gasteiger partial charge in [0.25, 0.3) is 0 Å². The van der Waals surface area contributed by atoms with Crippen LogP contribution in [0.5, 0.6) is 0 Å². The van der Waals surface area contributed by atoms with Crippen LogP contribution in [0.2, 0.25) is 0 Å². The van der Waals surface area contributed by atoms with E-state index in [1.54, 1.807) is 0 Å². The van der Waals surface area contributed by atoms with E-state index in [-0.39, 0.29) is 16.9 Å². The Kier molecular flexibility index (Phi) is 3.42. The summed E-state index contributed by atoms with van der Waals surface area (Å²) in [4.78, 5) is 0. The molecule has 0 aromatic heterocycles. The Morgan fingerprint density at radius 2 is 2.13 bits per heavy atom. The van der Waals surface area contributed by atoms with Crippen LogP contribution < -0.4 is 5.32 Å². The molecule has 0 heterocycles. The molecule has 0 radical (unpaired) electrons. The first-order chi connectivity index (χ1) is 6.79. The summed E-state index contributed by atoms with van der Waals surface area (Å²) in [7, 11) is 0. The number of aliphatic hydroxyl groups is 1. The summed E-state index contributed by atoms with van der Waals surface area (Å²) < 4.78 is 0. The highest BCUT2D eigenvalue weighted by molar-refractivity contribution is 5.02. The van der Waals surface area contributed by atoms with E-state index in [4.69, 9.17) is 5.26 Å². The van der Waals surface area contributed by atoms with Gasteiger partial charge in [0.05, 0.1) is 17.6 Å². The van der Waals surface area contributed by atoms with Gasteiger partial charge in [0, 0.05) is 11.5 Å². The molecule has 0 spiro atoms. The lowest BCUT2D eigenvalue weighted by Gasteiger charge is -2.49. The van der Waals surface area contributed by atoms with Crippen molar-refractivity contribution in [3.8, 4) is 6.07 Å². The lowest BCUT2D eigenvalue weighted by Crippen LogP contribution is -2.60. The Balaban J connectivity index is 2.27. The van der Waals surface area contributed by atoms with Crippen LogP contribution in [0.1, 0.15) is 40.5 Å². The molecule has 0 saturated heterocycles. The average Bonchev–Trinajstić information content (AvgIpc) is 2.16. The van der Waals surface area contributed by atoms with Crippen LogP contribution in [0.4, 0.5) is 0 Å². The van der Waals surface area contributed by atoms with E-state index in [9.17, 15) is 5.11 Å². The lowest BCUT2D eigenvalue weighted by molar-refractivity contribution is -0.0726. The molecule has 0 aliphatic heterocycles. The molecule has 2 atom stereocenters. The maximum atomic E-state index is 9.56. The first-order valence-corrected chi connectivity index (χ1v) is 5.62. The van der Waals surface area contributed by atoms with Crippen molar-refractivity contribution in [1.29, 1.82) is 5.26 Å². The molecule has 3 heteroatoms. The largest absolute Gasteiger partial charge is 0.392 e. The Labute approximate surface area is 92.5 Å². The number of hydrogen-bond acceptors (Lipinski definition) is 3. The van der Waals surface area contributed by atoms with Crippen molar-refractivity contribution >= 4 is 0 Å². The van der Waals surface area contributed by atoms with Crippen LogP contribution in [0.3, 0.4) is 0 Å². The van der Waals surface area contributed by atoms with E-state index in [0.29, 0.717) is 6.04 Å². The standard InChI is InChI=1S/C12H22N2O/c1-11(2,8-13)5-6-14-9-7-10(15)12(9,3)4/h9-10,14-15H,5-7H2,1-4H3. The van der Waals surface area contributed by atoms with Crippen molar-refractivity contribution in [3.63, 3.8) is 0 Å². The molecule has 0 aromatic rings. The van der Waals surface area contributed by atoms with Crippen molar-refractivity contribution in [3.05, 3.63) is 0 Å². The molecule has 15 heavy (non-hydrogen) atoms. The molecule has 1 fully saturated rings. The predicted octanol–water partition coefficient (Wildman–Crippen LogP) is 1.68. The second kappa shape index (κ2) is 4.11. The van der Waals surface area contributed by atoms with Gasteiger partial charge in [-0.15, -0.1) is 0 Å². The summed E-state index contributed by atoms with van der Waals surface area (Å²) in [6.45, 7) is 8.91. The molecule has 86 valence electrons. The number of nitrogens with one attached hydrogen (secondary N) is 1. The van der Waals surface area contributed by atoms with Crippen molar-refractivity contribution in [1.82, 2.24) is 5.32 Å². The fourth-order valence-corrected chi connectivity index (χ4v) is 1.86. The Hall–Kier alpha value is -0.590. The maximum Gasteiger partial charge on any atom is 0.0684 e. The molecule has 2 N–H and O–H groups in total. The van der Waals surface area contributed by atoms with E-state index >= 15 is 0 Å². The summed E-state index contributed by atoms with van der Waals surface area (Å²) in [6.07, 6.45) is 1.51. The third-order valence-corrected chi connectivity index (χ3v) is 3.66. The zero-order valence-corrected chi connectivity index (χ0v) is 10.2. The fourth-order valence-electron chi connectivity index (χ4n) is 1.86. The van der Waals surface area contributed by atoms with E-state index in [1.807, 2.05) is 13.8 Å². The highest BCUT2D eigenvalue weighted by atomic mass is 16.3. The number of rotatable bonds is 4. The topological polar surface area (TPSA) is 56.0 Å². The first-order valence-electron chi connectivity index (χ1n) is 5.62. The van der Waals surface area contributed by atoms with Gasteiger partial charge in [0.1, 0.15) is 0 Å². The third-order valence-electron chi connectivity index (χ3n) is 3.66. The normalized spacial score (nSPS) is 29.3. The van der Waals surface area contributed by atoms with Gasteiger partial charge in [-0.1, -0.05) is 13.8 Å². The Morgan fingerprint density at radius 3 is 2.53 bits per heavy atom. The molecular weight excluding hydrogens is 188 g/mol. The van der Waals surface area contributed by atoms with Crippen LogP contribution in [0.15, 0.2) is 0 Å². The van der Waals surface area contributed by atoms with Gasteiger partial charge < -0.3 is 10.4 Å². The van der Waals surface area contributed by atoms with E-state index in [1.165, 1.54) is 0 Å². The number of hydrogen-bond donors (Lipinski definition) is 2. The van der Waals surface area contributed by atoms with Gasteiger partial charge in [-0.2, -0.15) is 5.26 Å². The molecule has 0 amide bonds. The molecule has 0 aromatic carbocycles. The second-order valence-corrected chi connectivity index (χ2v) is 5.83. The maximum absolute atomic E-state index is 9.56. The van der Waals surface area contributed by atoms with E-state index in [0.717, 1.165) is 19.4 Å². The van der Waals surface area contributed by atoms with E-state index in [2.05, 4.69) is 25.2 Å². The molecule has 1 rings (SSSR count). The van der Waals surface area contributed by atoms with Gasteiger partial charge in [-0.05, 0) is 33.2 Å². The van der Waals surface area contributed by atoms with E-state index < -0.39 is 0 Å². The summed E-state index contributed by atoms with van der Waals surface area (Å²) >= 11 is 0. The molecule has 3 nitrogen and oxygen atoms in total. The highest BCUT2D eigenvalue weighted by Gasteiger charge is 2.46. The molecular formula is C12H22N2O. The van der Waals surface area contributed by atoms with Crippen molar-refractivity contribution < 1.29 is 5.11 Å². The molecule has 2 unspecified atom stereocenters. The molecule has 0 bridgehead atoms. The van der Waals surface area contributed by atoms with Crippen molar-refractivity contribution in [2.75, 3.05) is 6.54 Å². The summed E-state index contributed by atoms with van der Waals surface area (Å²) in [5, 5.41) is 21.8. The van der Waals surface area contributed by atoms with Gasteiger partial charge in [-0.25, -0.2) is 0 Å². The molecule has 1 saturated carbocycles. The average molecular weight is 210 g/mol. The summed E-state index contributed by atoms with van der Waals surface area (Å²) in [5.74, 6) is 0. The quantitative estimate of drug-likeness (QED) is 0.742. The van der Waals surface area contributed by atoms with Crippen LogP contribution >= 0.6 is 0 Å². The zero-order chi connectivity index (χ0) is 11.7. The summed E-state index contributed by atoms with van der Waals surface area (Å²) in [6, 6.07) is 2.68. The molecule has 1 aliphatic carbocycles. The van der Waals surface area contributed by atoms with Crippen LogP contribution in [0.25, 0.3) is 0 Å². The minimum atomic E-state index is -0.250. The van der Waals surface area contributed by atoms with Gasteiger partial charge in [0.15, 0.2) is 0 Å². The van der Waals surface area contributed by atoms with Gasteiger partial charge in [0.2, 0.25) is 0 Å². The predicted molar refractivity (Wildman–Crippen MR) is 60.2 cm³/mol. The SMILES string of the molecule is CC(C)(C#N)CCNC1CC(O)C1(C)C.